The summed E-state index contributed by atoms with van der Waals surface area (Å²) in [5.41, 5.74) is 6.13. The third-order valence-corrected chi connectivity index (χ3v) is 5.01. The van der Waals surface area contributed by atoms with Crippen molar-refractivity contribution in [2.75, 3.05) is 51.3 Å². The molecule has 0 atom stereocenters. The van der Waals surface area contributed by atoms with E-state index in [2.05, 4.69) is 24.1 Å². The van der Waals surface area contributed by atoms with Crippen LogP contribution in [0.2, 0.25) is 0 Å². The highest BCUT2D eigenvalue weighted by Crippen LogP contribution is 2.31. The number of benzene rings is 1. The summed E-state index contributed by atoms with van der Waals surface area (Å²) in [6, 6.07) is 7.51. The number of nitrogens with one attached hydrogen (secondary N) is 1. The number of anilines is 1. The number of rotatable bonds is 9. The third kappa shape index (κ3) is 5.42. The zero-order valence-electron chi connectivity index (χ0n) is 15.4. The van der Waals surface area contributed by atoms with Gasteiger partial charge in [-0.15, -0.1) is 0 Å². The van der Waals surface area contributed by atoms with E-state index in [0.29, 0.717) is 39.2 Å². The second-order valence-electron chi connectivity index (χ2n) is 6.45. The second kappa shape index (κ2) is 9.75. The Balaban J connectivity index is 1.86. The monoisotopic (exact) mass is 349 g/mol. The predicted molar refractivity (Wildman–Crippen MR) is 99.9 cm³/mol. The van der Waals surface area contributed by atoms with Gasteiger partial charge in [0.05, 0.1) is 5.41 Å². The third-order valence-electron chi connectivity index (χ3n) is 5.01. The molecule has 0 bridgehead atoms. The van der Waals surface area contributed by atoms with Gasteiger partial charge >= 0.3 is 0 Å². The quantitative estimate of drug-likeness (QED) is 0.714. The molecule has 3 N–H and O–H groups in total. The van der Waals surface area contributed by atoms with Gasteiger partial charge in [-0.2, -0.15) is 0 Å². The molecule has 1 aliphatic rings. The van der Waals surface area contributed by atoms with Crippen molar-refractivity contribution in [3.05, 3.63) is 24.3 Å². The molecule has 0 radical (unpaired) electrons. The van der Waals surface area contributed by atoms with Crippen LogP contribution in [0.3, 0.4) is 0 Å². The van der Waals surface area contributed by atoms with Crippen LogP contribution in [0, 0.1) is 5.41 Å². The average molecular weight is 349 g/mol. The second-order valence-corrected chi connectivity index (χ2v) is 6.45. The molecule has 1 fully saturated rings. The number of ether oxygens (including phenoxy) is 2. The van der Waals surface area contributed by atoms with E-state index in [1.807, 2.05) is 24.3 Å². The highest BCUT2D eigenvalue weighted by molar-refractivity contribution is 5.95. The summed E-state index contributed by atoms with van der Waals surface area (Å²) < 4.78 is 11.1. The lowest BCUT2D eigenvalue weighted by Gasteiger charge is -2.34. The Hall–Kier alpha value is -1.63. The maximum absolute atomic E-state index is 12.6. The minimum absolute atomic E-state index is 0.0199. The smallest absolute Gasteiger partial charge is 0.232 e. The number of amides is 1. The molecule has 0 saturated carbocycles. The van der Waals surface area contributed by atoms with E-state index >= 15 is 0 Å². The first-order valence-corrected chi connectivity index (χ1v) is 9.18. The summed E-state index contributed by atoms with van der Waals surface area (Å²) in [6.45, 7) is 9.43. The van der Waals surface area contributed by atoms with Gasteiger partial charge in [0.1, 0.15) is 12.4 Å². The first-order valence-electron chi connectivity index (χ1n) is 9.18. The normalized spacial score (nSPS) is 16.6. The number of hydrogen-bond donors (Lipinski definition) is 2. The van der Waals surface area contributed by atoms with Crippen LogP contribution in [-0.4, -0.2) is 56.8 Å². The highest BCUT2D eigenvalue weighted by atomic mass is 16.5. The van der Waals surface area contributed by atoms with Crippen LogP contribution < -0.4 is 15.8 Å². The molecule has 1 heterocycles. The minimum Gasteiger partial charge on any atom is -0.492 e. The van der Waals surface area contributed by atoms with Gasteiger partial charge in [-0.3, -0.25) is 4.79 Å². The lowest BCUT2D eigenvalue weighted by molar-refractivity contribution is -0.130. The summed E-state index contributed by atoms with van der Waals surface area (Å²) in [5.74, 6) is 0.790. The van der Waals surface area contributed by atoms with E-state index < -0.39 is 5.41 Å². The van der Waals surface area contributed by atoms with Crippen LogP contribution in [0.4, 0.5) is 5.69 Å². The molecule has 2 rings (SSSR count). The van der Waals surface area contributed by atoms with Gasteiger partial charge in [-0.1, -0.05) is 13.8 Å². The van der Waals surface area contributed by atoms with E-state index in [1.54, 1.807) is 0 Å². The van der Waals surface area contributed by atoms with E-state index in [-0.39, 0.29) is 5.91 Å². The number of likely N-dealkylation sites (N-methyl/N-ethyl adjacent to an activating group) is 1. The number of nitrogens with zero attached hydrogens (tertiary/aromatic N) is 1. The van der Waals surface area contributed by atoms with Crippen LogP contribution in [0.5, 0.6) is 5.75 Å². The molecule has 1 aromatic rings. The van der Waals surface area contributed by atoms with Gasteiger partial charge in [0.25, 0.3) is 0 Å². The zero-order chi connectivity index (χ0) is 18.1. The van der Waals surface area contributed by atoms with Crippen molar-refractivity contribution in [1.82, 2.24) is 4.90 Å². The lowest BCUT2D eigenvalue weighted by Crippen LogP contribution is -2.46. The maximum Gasteiger partial charge on any atom is 0.232 e. The lowest BCUT2D eigenvalue weighted by atomic mass is 9.79. The zero-order valence-corrected chi connectivity index (χ0v) is 15.4. The Morgan fingerprint density at radius 2 is 1.88 bits per heavy atom. The summed E-state index contributed by atoms with van der Waals surface area (Å²) in [6.07, 6.45) is 1.34. The Kier molecular flexibility index (Phi) is 7.68. The van der Waals surface area contributed by atoms with Gasteiger partial charge in [0.2, 0.25) is 5.91 Å². The summed E-state index contributed by atoms with van der Waals surface area (Å²) >= 11 is 0. The highest BCUT2D eigenvalue weighted by Gasteiger charge is 2.38. The van der Waals surface area contributed by atoms with Gasteiger partial charge in [0.15, 0.2) is 0 Å². The van der Waals surface area contributed by atoms with Crippen LogP contribution in [0.25, 0.3) is 0 Å². The molecule has 1 aromatic carbocycles. The van der Waals surface area contributed by atoms with Crippen molar-refractivity contribution in [3.63, 3.8) is 0 Å². The van der Waals surface area contributed by atoms with E-state index in [4.69, 9.17) is 15.2 Å². The van der Waals surface area contributed by atoms with Crippen LogP contribution in [0.1, 0.15) is 26.7 Å². The van der Waals surface area contributed by atoms with Crippen LogP contribution in [0.15, 0.2) is 24.3 Å². The Morgan fingerprint density at radius 1 is 1.24 bits per heavy atom. The molecule has 1 aliphatic heterocycles. The molecule has 140 valence electrons. The standard InChI is InChI=1S/C19H31N3O3/c1-3-22(4-2)11-14-25-17-7-5-16(6-8-17)21-18(23)19(15-20)9-12-24-13-10-19/h5-8H,3-4,9-15,20H2,1-2H3,(H,21,23). The summed E-state index contributed by atoms with van der Waals surface area (Å²) in [5, 5.41) is 2.98. The fourth-order valence-corrected chi connectivity index (χ4v) is 3.02. The molecule has 25 heavy (non-hydrogen) atoms. The van der Waals surface area contributed by atoms with E-state index in [9.17, 15) is 4.79 Å². The van der Waals surface area contributed by atoms with Crippen molar-refractivity contribution in [1.29, 1.82) is 0 Å². The average Bonchev–Trinajstić information content (AvgIpc) is 2.67. The van der Waals surface area contributed by atoms with Gasteiger partial charge in [-0.05, 0) is 50.2 Å². The van der Waals surface area contributed by atoms with Gasteiger partial charge in [0, 0.05) is 32.0 Å². The maximum atomic E-state index is 12.6. The van der Waals surface area contributed by atoms with E-state index in [1.165, 1.54) is 0 Å². The molecular weight excluding hydrogens is 318 g/mol. The van der Waals surface area contributed by atoms with Gasteiger partial charge in [-0.25, -0.2) is 0 Å². The molecule has 1 saturated heterocycles. The molecule has 0 aromatic heterocycles. The van der Waals surface area contributed by atoms with Crippen molar-refractivity contribution < 1.29 is 14.3 Å². The molecule has 0 aliphatic carbocycles. The topological polar surface area (TPSA) is 76.8 Å². The Labute approximate surface area is 150 Å². The van der Waals surface area contributed by atoms with Crippen LogP contribution in [-0.2, 0) is 9.53 Å². The fourth-order valence-electron chi connectivity index (χ4n) is 3.02. The van der Waals surface area contributed by atoms with Crippen molar-refractivity contribution in [2.45, 2.75) is 26.7 Å². The first-order chi connectivity index (χ1) is 12.1. The van der Waals surface area contributed by atoms with Crippen LogP contribution >= 0.6 is 0 Å². The van der Waals surface area contributed by atoms with E-state index in [0.717, 1.165) is 31.1 Å². The fraction of sp³-hybridized carbons (Fsp3) is 0.632. The Bertz CT molecular complexity index is 523. The van der Waals surface area contributed by atoms with Crippen molar-refractivity contribution >= 4 is 11.6 Å². The summed E-state index contributed by atoms with van der Waals surface area (Å²) in [4.78, 5) is 14.9. The molecule has 0 unspecified atom stereocenters. The SMILES string of the molecule is CCN(CC)CCOc1ccc(NC(=O)C2(CN)CCOCC2)cc1. The van der Waals surface area contributed by atoms with Crippen molar-refractivity contribution in [2.24, 2.45) is 11.1 Å². The summed E-state index contributed by atoms with van der Waals surface area (Å²) in [7, 11) is 0. The number of carbonyl (C=O) groups excluding carboxylic acids is 1. The number of carbonyl (C=O) groups is 1. The molecule has 0 spiro atoms. The largest absolute Gasteiger partial charge is 0.492 e. The molecule has 6 heteroatoms. The van der Waals surface area contributed by atoms with Crippen molar-refractivity contribution in [3.8, 4) is 5.75 Å². The Morgan fingerprint density at radius 3 is 2.44 bits per heavy atom. The number of hydrogen-bond acceptors (Lipinski definition) is 5. The minimum atomic E-state index is -0.517. The molecule has 6 nitrogen and oxygen atoms in total. The predicted octanol–water partition coefficient (Wildman–Crippen LogP) is 2.10. The molecular formula is C19H31N3O3. The first kappa shape index (κ1) is 19.7. The van der Waals surface area contributed by atoms with Gasteiger partial charge < -0.3 is 25.4 Å². The molecule has 1 amide bonds. The number of nitrogens with two attached hydrogens (primary N) is 1.